The van der Waals surface area contributed by atoms with Crippen LogP contribution >= 0.6 is 11.8 Å². The summed E-state index contributed by atoms with van der Waals surface area (Å²) in [6.45, 7) is 1.89. The summed E-state index contributed by atoms with van der Waals surface area (Å²) >= 11 is 1.40. The third kappa shape index (κ3) is 3.70. The maximum Gasteiger partial charge on any atom is 0.247 e. The Balaban J connectivity index is 1.47. The molecule has 0 bridgehead atoms. The molecular weight excluding hydrogens is 364 g/mol. The van der Waals surface area contributed by atoms with Crippen LogP contribution in [0.5, 0.6) is 0 Å². The Kier molecular flexibility index (Phi) is 4.64. The normalized spacial score (nSPS) is 15.7. The van der Waals surface area contributed by atoms with Crippen LogP contribution < -0.4 is 10.6 Å². The molecule has 0 saturated carbocycles. The molecule has 0 spiro atoms. The number of carbonyl (C=O) groups is 2. The van der Waals surface area contributed by atoms with Crippen molar-refractivity contribution in [1.29, 1.82) is 0 Å². The number of thioether (sulfide) groups is 1. The zero-order valence-corrected chi connectivity index (χ0v) is 15.2. The van der Waals surface area contributed by atoms with Gasteiger partial charge < -0.3 is 15.1 Å². The van der Waals surface area contributed by atoms with E-state index in [2.05, 4.69) is 20.8 Å². The number of hydrogen-bond donors (Lipinski definition) is 2. The zero-order chi connectivity index (χ0) is 18.8. The quantitative estimate of drug-likeness (QED) is 0.719. The number of para-hydroxylation sites is 1. The van der Waals surface area contributed by atoms with Crippen LogP contribution in [0.3, 0.4) is 0 Å². The van der Waals surface area contributed by atoms with Crippen molar-refractivity contribution in [2.75, 3.05) is 10.6 Å². The van der Waals surface area contributed by atoms with E-state index in [9.17, 15) is 9.59 Å². The first-order valence-electron chi connectivity index (χ1n) is 8.34. The predicted molar refractivity (Wildman–Crippen MR) is 102 cm³/mol. The second-order valence-electron chi connectivity index (χ2n) is 6.12. The Morgan fingerprint density at radius 1 is 1.30 bits per heavy atom. The second-order valence-corrected chi connectivity index (χ2v) is 7.36. The van der Waals surface area contributed by atoms with Gasteiger partial charge in [-0.3, -0.25) is 9.59 Å². The molecule has 8 heteroatoms. The molecule has 1 aromatic heterocycles. The van der Waals surface area contributed by atoms with Crippen molar-refractivity contribution in [2.45, 2.75) is 23.5 Å². The first-order chi connectivity index (χ1) is 13.1. The summed E-state index contributed by atoms with van der Waals surface area (Å²) in [5, 5.41) is 12.8. The Hall–Kier alpha value is -3.13. The average molecular weight is 380 g/mol. The van der Waals surface area contributed by atoms with E-state index in [1.165, 1.54) is 18.2 Å². The fourth-order valence-electron chi connectivity index (χ4n) is 2.79. The van der Waals surface area contributed by atoms with Crippen molar-refractivity contribution in [3.63, 3.8) is 0 Å². The maximum absolute atomic E-state index is 12.5. The van der Waals surface area contributed by atoms with Crippen LogP contribution in [0.15, 0.2) is 58.2 Å². The third-order valence-electron chi connectivity index (χ3n) is 4.20. The van der Waals surface area contributed by atoms with Crippen LogP contribution in [-0.2, 0) is 9.59 Å². The Morgan fingerprint density at radius 3 is 2.96 bits per heavy atom. The molecule has 4 rings (SSSR count). The Morgan fingerprint density at radius 2 is 2.15 bits per heavy atom. The molecule has 7 nitrogen and oxygen atoms in total. The van der Waals surface area contributed by atoms with Crippen molar-refractivity contribution in [3.8, 4) is 11.5 Å². The number of rotatable bonds is 4. The number of carbonyl (C=O) groups excluding carboxylic acids is 2. The minimum atomic E-state index is -0.473. The standard InChI is InChI=1S/C19H16N4O3S/c1-11-6-7-12(19-23-20-10-26-19)8-14(11)21-17(24)9-16-18(25)22-13-4-2-3-5-15(13)27-16/h2-8,10,16H,9H2,1H3,(H,21,24)(H,22,25). The molecule has 0 fully saturated rings. The van der Waals surface area contributed by atoms with Crippen LogP contribution in [0.4, 0.5) is 11.4 Å². The average Bonchev–Trinajstić information content (AvgIpc) is 3.19. The second kappa shape index (κ2) is 7.24. The molecule has 0 aliphatic carbocycles. The predicted octanol–water partition coefficient (Wildman–Crippen LogP) is 3.49. The summed E-state index contributed by atoms with van der Waals surface area (Å²) in [4.78, 5) is 25.8. The summed E-state index contributed by atoms with van der Waals surface area (Å²) in [7, 11) is 0. The van der Waals surface area contributed by atoms with E-state index < -0.39 is 5.25 Å². The largest absolute Gasteiger partial charge is 0.423 e. The van der Waals surface area contributed by atoms with Gasteiger partial charge in [-0.05, 0) is 36.8 Å². The topological polar surface area (TPSA) is 97.1 Å². The molecule has 2 amide bonds. The van der Waals surface area contributed by atoms with E-state index in [4.69, 9.17) is 4.42 Å². The molecule has 2 N–H and O–H groups in total. The highest BCUT2D eigenvalue weighted by Crippen LogP contribution is 2.36. The Bertz CT molecular complexity index is 1000. The van der Waals surface area contributed by atoms with E-state index in [1.807, 2.05) is 43.3 Å². The van der Waals surface area contributed by atoms with Gasteiger partial charge in [0.25, 0.3) is 0 Å². The van der Waals surface area contributed by atoms with Gasteiger partial charge in [-0.15, -0.1) is 22.0 Å². The van der Waals surface area contributed by atoms with Gasteiger partial charge in [-0.2, -0.15) is 0 Å². The highest BCUT2D eigenvalue weighted by molar-refractivity contribution is 8.01. The van der Waals surface area contributed by atoms with Crippen molar-refractivity contribution < 1.29 is 14.0 Å². The number of aryl methyl sites for hydroxylation is 1. The SMILES string of the molecule is Cc1ccc(-c2nnco2)cc1NC(=O)CC1Sc2ccccc2NC1=O. The molecule has 1 atom stereocenters. The number of fused-ring (bicyclic) bond motifs is 1. The van der Waals surface area contributed by atoms with Crippen molar-refractivity contribution in [1.82, 2.24) is 10.2 Å². The fraction of sp³-hybridized carbons (Fsp3) is 0.158. The molecule has 1 aliphatic rings. The van der Waals surface area contributed by atoms with Gasteiger partial charge in [0.15, 0.2) is 0 Å². The molecule has 0 radical (unpaired) electrons. The molecule has 27 heavy (non-hydrogen) atoms. The third-order valence-corrected chi connectivity index (χ3v) is 5.47. The maximum atomic E-state index is 12.5. The first-order valence-corrected chi connectivity index (χ1v) is 9.22. The summed E-state index contributed by atoms with van der Waals surface area (Å²) in [6.07, 6.45) is 1.33. The fourth-order valence-corrected chi connectivity index (χ4v) is 3.90. The van der Waals surface area contributed by atoms with Crippen LogP contribution in [0.1, 0.15) is 12.0 Å². The number of nitrogens with one attached hydrogen (secondary N) is 2. The molecule has 0 saturated heterocycles. The zero-order valence-electron chi connectivity index (χ0n) is 14.4. The number of anilines is 2. The number of hydrogen-bond acceptors (Lipinski definition) is 6. The van der Waals surface area contributed by atoms with Gasteiger partial charge in [0.05, 0.1) is 10.9 Å². The van der Waals surface area contributed by atoms with Crippen LogP contribution in [0.2, 0.25) is 0 Å². The van der Waals surface area contributed by atoms with Crippen molar-refractivity contribution >= 4 is 35.0 Å². The molecule has 136 valence electrons. The summed E-state index contributed by atoms with van der Waals surface area (Å²) in [5.41, 5.74) is 3.05. The van der Waals surface area contributed by atoms with Gasteiger partial charge in [0.2, 0.25) is 24.1 Å². The lowest BCUT2D eigenvalue weighted by atomic mass is 10.1. The summed E-state index contributed by atoms with van der Waals surface area (Å²) in [5.74, 6) is -0.0117. The minimum absolute atomic E-state index is 0.0784. The molecular formula is C19H16N4O3S. The van der Waals surface area contributed by atoms with E-state index in [0.717, 1.165) is 16.1 Å². The Labute approximate surface area is 159 Å². The van der Waals surface area contributed by atoms with Gasteiger partial charge in [-0.1, -0.05) is 18.2 Å². The molecule has 2 heterocycles. The van der Waals surface area contributed by atoms with Gasteiger partial charge in [-0.25, -0.2) is 0 Å². The monoisotopic (exact) mass is 380 g/mol. The molecule has 3 aromatic rings. The van der Waals surface area contributed by atoms with E-state index >= 15 is 0 Å². The van der Waals surface area contributed by atoms with E-state index in [-0.39, 0.29) is 18.2 Å². The number of aromatic nitrogens is 2. The lowest BCUT2D eigenvalue weighted by molar-refractivity contribution is -0.120. The van der Waals surface area contributed by atoms with Crippen molar-refractivity contribution in [3.05, 3.63) is 54.4 Å². The summed E-state index contributed by atoms with van der Waals surface area (Å²) < 4.78 is 5.20. The first kappa shape index (κ1) is 17.3. The molecule has 2 aromatic carbocycles. The number of benzene rings is 2. The highest BCUT2D eigenvalue weighted by Gasteiger charge is 2.28. The van der Waals surface area contributed by atoms with Crippen molar-refractivity contribution in [2.24, 2.45) is 0 Å². The summed E-state index contributed by atoms with van der Waals surface area (Å²) in [6, 6.07) is 13.1. The van der Waals surface area contributed by atoms with E-state index in [1.54, 1.807) is 6.07 Å². The van der Waals surface area contributed by atoms with Gasteiger partial charge in [0, 0.05) is 22.6 Å². The van der Waals surface area contributed by atoms with Crippen LogP contribution in [-0.4, -0.2) is 27.3 Å². The molecule has 1 unspecified atom stereocenters. The van der Waals surface area contributed by atoms with Gasteiger partial charge in [0.1, 0.15) is 0 Å². The van der Waals surface area contributed by atoms with Crippen LogP contribution in [0.25, 0.3) is 11.5 Å². The molecule has 1 aliphatic heterocycles. The van der Waals surface area contributed by atoms with Crippen LogP contribution in [0, 0.1) is 6.92 Å². The lowest BCUT2D eigenvalue weighted by Crippen LogP contribution is -2.32. The smallest absolute Gasteiger partial charge is 0.247 e. The number of nitrogens with zero attached hydrogens (tertiary/aromatic N) is 2. The highest BCUT2D eigenvalue weighted by atomic mass is 32.2. The minimum Gasteiger partial charge on any atom is -0.423 e. The number of amides is 2. The lowest BCUT2D eigenvalue weighted by Gasteiger charge is -2.23. The van der Waals surface area contributed by atoms with Gasteiger partial charge >= 0.3 is 0 Å². The van der Waals surface area contributed by atoms with E-state index in [0.29, 0.717) is 17.1 Å².